The molecule has 0 aromatic carbocycles. The smallest absolute Gasteiger partial charge is 0.199 e. The minimum Gasteiger partial charge on any atom is -0.302 e. The maximum absolute atomic E-state index is 3.99. The second-order valence-corrected chi connectivity index (χ2v) is 8.09. The van der Waals surface area contributed by atoms with Crippen LogP contribution in [0.4, 0.5) is 0 Å². The highest BCUT2D eigenvalue weighted by Gasteiger charge is 2.50. The van der Waals surface area contributed by atoms with E-state index in [1.807, 2.05) is 4.90 Å². The van der Waals surface area contributed by atoms with E-state index in [1.54, 1.807) is 0 Å². The zero-order chi connectivity index (χ0) is 15.4. The Hall–Kier alpha value is -0.120. The van der Waals surface area contributed by atoms with E-state index in [0.29, 0.717) is 6.29 Å². The van der Waals surface area contributed by atoms with Crippen molar-refractivity contribution >= 4 is 0 Å². The Labute approximate surface area is 137 Å². The molecule has 3 nitrogen and oxygen atoms in total. The van der Waals surface area contributed by atoms with Gasteiger partial charge in [0, 0.05) is 37.8 Å². The summed E-state index contributed by atoms with van der Waals surface area (Å²) in [4.78, 5) is 1.87. The van der Waals surface area contributed by atoms with Gasteiger partial charge in [-0.3, -0.25) is 10.6 Å². The molecule has 3 heteroatoms. The third-order valence-corrected chi connectivity index (χ3v) is 6.39. The van der Waals surface area contributed by atoms with Crippen LogP contribution in [-0.2, 0) is 0 Å². The largest absolute Gasteiger partial charge is 0.302 e. The van der Waals surface area contributed by atoms with Gasteiger partial charge in [-0.25, -0.2) is 0 Å². The Morgan fingerprint density at radius 1 is 0.773 bits per heavy atom. The third kappa shape index (κ3) is 3.85. The highest BCUT2D eigenvalue weighted by Crippen LogP contribution is 2.24. The van der Waals surface area contributed by atoms with Crippen molar-refractivity contribution in [3.63, 3.8) is 0 Å². The standard InChI is InChI=1S/C19H37N3/c1-3-5-7-9-15-13-17-11-12-18-14-16(10-8-6-4-2)21-19(20-15)22(17)18/h15-21H,3-14H2,1-2H3/p+1. The number of hydrogen-bond donors (Lipinski definition) is 3. The first kappa shape index (κ1) is 16.7. The molecule has 22 heavy (non-hydrogen) atoms. The summed E-state index contributed by atoms with van der Waals surface area (Å²) in [7, 11) is 0. The van der Waals surface area contributed by atoms with Crippen LogP contribution < -0.4 is 15.5 Å². The van der Waals surface area contributed by atoms with Crippen molar-refractivity contribution in [3.05, 3.63) is 0 Å². The average Bonchev–Trinajstić information content (AvgIpc) is 2.92. The second kappa shape index (κ2) is 8.12. The van der Waals surface area contributed by atoms with Gasteiger partial charge in [-0.1, -0.05) is 52.4 Å². The molecule has 3 saturated heterocycles. The van der Waals surface area contributed by atoms with Crippen LogP contribution in [0.15, 0.2) is 0 Å². The van der Waals surface area contributed by atoms with Crippen LogP contribution in [0.5, 0.6) is 0 Å². The van der Waals surface area contributed by atoms with E-state index in [2.05, 4.69) is 24.5 Å². The topological polar surface area (TPSA) is 28.5 Å². The van der Waals surface area contributed by atoms with E-state index in [1.165, 1.54) is 77.0 Å². The quantitative estimate of drug-likeness (QED) is 0.602. The van der Waals surface area contributed by atoms with Gasteiger partial charge in [0.25, 0.3) is 0 Å². The number of nitrogens with one attached hydrogen (secondary N) is 3. The van der Waals surface area contributed by atoms with Crippen LogP contribution in [0, 0.1) is 0 Å². The maximum Gasteiger partial charge on any atom is 0.199 e. The van der Waals surface area contributed by atoms with Gasteiger partial charge in [-0.2, -0.15) is 0 Å². The summed E-state index contributed by atoms with van der Waals surface area (Å²) >= 11 is 0. The molecule has 0 saturated carbocycles. The molecule has 0 aromatic heterocycles. The van der Waals surface area contributed by atoms with Crippen LogP contribution in [0.2, 0.25) is 0 Å². The molecule has 3 aliphatic heterocycles. The van der Waals surface area contributed by atoms with Crippen molar-refractivity contribution in [2.75, 3.05) is 0 Å². The molecule has 0 spiro atoms. The van der Waals surface area contributed by atoms with Gasteiger partial charge < -0.3 is 4.90 Å². The average molecular weight is 309 g/mol. The van der Waals surface area contributed by atoms with E-state index in [0.717, 1.165) is 24.2 Å². The van der Waals surface area contributed by atoms with Crippen LogP contribution in [0.25, 0.3) is 0 Å². The predicted molar refractivity (Wildman–Crippen MR) is 92.9 cm³/mol. The molecular weight excluding hydrogens is 270 g/mol. The lowest BCUT2D eigenvalue weighted by atomic mass is 9.95. The molecular formula is C19H38N3+. The van der Waals surface area contributed by atoms with Crippen LogP contribution in [0.3, 0.4) is 0 Å². The zero-order valence-electron chi connectivity index (χ0n) is 14.9. The molecule has 0 aliphatic carbocycles. The summed E-state index contributed by atoms with van der Waals surface area (Å²) in [5.74, 6) is 0. The fourth-order valence-electron chi connectivity index (χ4n) is 5.27. The first-order chi connectivity index (χ1) is 10.8. The van der Waals surface area contributed by atoms with E-state index in [-0.39, 0.29) is 0 Å². The molecule has 0 bridgehead atoms. The fraction of sp³-hybridized carbons (Fsp3) is 1.00. The third-order valence-electron chi connectivity index (χ3n) is 6.39. The predicted octanol–water partition coefficient (Wildman–Crippen LogP) is 2.57. The van der Waals surface area contributed by atoms with Crippen LogP contribution >= 0.6 is 0 Å². The molecule has 128 valence electrons. The SMILES string of the molecule is CCCCCC1CC2CCC3CC(CCCCC)NC(N1)[NH+]23. The lowest BCUT2D eigenvalue weighted by Gasteiger charge is -2.47. The summed E-state index contributed by atoms with van der Waals surface area (Å²) < 4.78 is 0. The summed E-state index contributed by atoms with van der Waals surface area (Å²) in [6, 6.07) is 3.41. The van der Waals surface area contributed by atoms with Gasteiger partial charge in [-0.05, 0) is 12.8 Å². The van der Waals surface area contributed by atoms with Gasteiger partial charge in [0.2, 0.25) is 0 Å². The molecule has 3 aliphatic rings. The summed E-state index contributed by atoms with van der Waals surface area (Å²) in [6.45, 7) is 4.62. The maximum atomic E-state index is 3.99. The minimum atomic E-state index is 0.554. The van der Waals surface area contributed by atoms with Crippen LogP contribution in [-0.4, -0.2) is 30.5 Å². The Balaban J connectivity index is 1.54. The molecule has 3 N–H and O–H groups in total. The Bertz CT molecular complexity index is 303. The van der Waals surface area contributed by atoms with E-state index in [9.17, 15) is 0 Å². The van der Waals surface area contributed by atoms with Gasteiger partial charge >= 0.3 is 0 Å². The molecule has 3 heterocycles. The first-order valence-corrected chi connectivity index (χ1v) is 10.2. The van der Waals surface area contributed by atoms with Crippen molar-refractivity contribution in [1.82, 2.24) is 10.6 Å². The number of rotatable bonds is 8. The minimum absolute atomic E-state index is 0.554. The van der Waals surface area contributed by atoms with E-state index in [4.69, 9.17) is 0 Å². The Kier molecular flexibility index (Phi) is 6.17. The normalized spacial score (nSPS) is 40.6. The lowest BCUT2D eigenvalue weighted by Crippen LogP contribution is -3.26. The highest BCUT2D eigenvalue weighted by atomic mass is 15.5. The van der Waals surface area contributed by atoms with Crippen molar-refractivity contribution in [3.8, 4) is 0 Å². The lowest BCUT2D eigenvalue weighted by molar-refractivity contribution is -0.977. The van der Waals surface area contributed by atoms with E-state index < -0.39 is 0 Å². The Morgan fingerprint density at radius 2 is 1.27 bits per heavy atom. The number of quaternary nitrogens is 1. The highest BCUT2D eigenvalue weighted by molar-refractivity contribution is 4.89. The monoisotopic (exact) mass is 308 g/mol. The number of hydrogen-bond acceptors (Lipinski definition) is 2. The molecule has 0 amide bonds. The van der Waals surface area contributed by atoms with Crippen molar-refractivity contribution in [2.45, 2.75) is 121 Å². The summed E-state index contributed by atoms with van der Waals surface area (Å²) in [5.41, 5.74) is 0. The summed E-state index contributed by atoms with van der Waals surface area (Å²) in [6.07, 6.45) is 17.5. The van der Waals surface area contributed by atoms with Gasteiger partial charge in [0.05, 0.1) is 12.1 Å². The fourth-order valence-corrected chi connectivity index (χ4v) is 5.27. The summed E-state index contributed by atoms with van der Waals surface area (Å²) in [5, 5.41) is 7.97. The van der Waals surface area contributed by atoms with Crippen LogP contribution in [0.1, 0.15) is 90.9 Å². The van der Waals surface area contributed by atoms with Gasteiger partial charge in [0.1, 0.15) is 0 Å². The molecule has 4 atom stereocenters. The Morgan fingerprint density at radius 3 is 1.73 bits per heavy atom. The van der Waals surface area contributed by atoms with Gasteiger partial charge in [0.15, 0.2) is 6.29 Å². The second-order valence-electron chi connectivity index (χ2n) is 8.09. The first-order valence-electron chi connectivity index (χ1n) is 10.2. The molecule has 0 aromatic rings. The van der Waals surface area contributed by atoms with E-state index >= 15 is 0 Å². The van der Waals surface area contributed by atoms with Crippen molar-refractivity contribution in [1.29, 1.82) is 0 Å². The van der Waals surface area contributed by atoms with Crippen molar-refractivity contribution < 1.29 is 4.90 Å². The van der Waals surface area contributed by atoms with Crippen molar-refractivity contribution in [2.24, 2.45) is 0 Å². The molecule has 0 radical (unpaired) electrons. The molecule has 3 rings (SSSR count). The molecule has 3 fully saturated rings. The van der Waals surface area contributed by atoms with Gasteiger partial charge in [-0.15, -0.1) is 0 Å². The zero-order valence-corrected chi connectivity index (χ0v) is 14.9. The molecule has 4 unspecified atom stereocenters. The number of unbranched alkanes of at least 4 members (excludes halogenated alkanes) is 4.